The molecular formula is C28H37N5. The molecule has 1 atom stereocenters. The van der Waals surface area contributed by atoms with Gasteiger partial charge in [-0.15, -0.1) is 0 Å². The molecule has 1 N–H and O–H groups in total. The van der Waals surface area contributed by atoms with Crippen LogP contribution in [0, 0.1) is 5.92 Å². The summed E-state index contributed by atoms with van der Waals surface area (Å²) in [6, 6.07) is 13.6. The van der Waals surface area contributed by atoms with Crippen molar-refractivity contribution in [2.24, 2.45) is 5.92 Å². The van der Waals surface area contributed by atoms with Crippen LogP contribution in [0.15, 0.2) is 42.6 Å². The second-order valence-corrected chi connectivity index (χ2v) is 9.68. The number of pyridine rings is 2. The summed E-state index contributed by atoms with van der Waals surface area (Å²) < 4.78 is 0. The fraction of sp³-hybridized carbons (Fsp3) is 0.500. The zero-order valence-corrected chi connectivity index (χ0v) is 20.2. The molecule has 2 aliphatic rings. The maximum atomic E-state index is 5.15. The van der Waals surface area contributed by atoms with Crippen molar-refractivity contribution < 1.29 is 0 Å². The van der Waals surface area contributed by atoms with Crippen LogP contribution in [0.4, 0.5) is 11.4 Å². The van der Waals surface area contributed by atoms with Gasteiger partial charge >= 0.3 is 0 Å². The maximum absolute atomic E-state index is 5.15. The molecule has 2 aliphatic heterocycles. The lowest BCUT2D eigenvalue weighted by molar-refractivity contribution is 0.569. The summed E-state index contributed by atoms with van der Waals surface area (Å²) in [6.07, 6.45) is 9.23. The fourth-order valence-corrected chi connectivity index (χ4v) is 5.33. The van der Waals surface area contributed by atoms with Gasteiger partial charge in [0.1, 0.15) is 0 Å². The Labute approximate surface area is 198 Å². The quantitative estimate of drug-likeness (QED) is 0.480. The van der Waals surface area contributed by atoms with Gasteiger partial charge in [0.15, 0.2) is 0 Å². The number of fused-ring (bicyclic) bond motifs is 1. The van der Waals surface area contributed by atoms with Gasteiger partial charge in [-0.1, -0.05) is 13.3 Å². The van der Waals surface area contributed by atoms with E-state index in [-0.39, 0.29) is 0 Å². The first-order valence-corrected chi connectivity index (χ1v) is 12.8. The molecular weight excluding hydrogens is 406 g/mol. The van der Waals surface area contributed by atoms with Crippen LogP contribution in [0.3, 0.4) is 0 Å². The predicted octanol–water partition coefficient (Wildman–Crippen LogP) is 5.29. The standard InChI is InChI=1S/C28H37N5/c1-3-21-12-16-33(20-21)28-18-26(22-8-9-23(30-19-22)7-6-13-29-2)31-27-17-24(10-11-25(27)28)32-14-4-5-15-32/h8-11,17-19,21,29H,3-7,12-16,20H2,1-2H3. The zero-order chi connectivity index (χ0) is 22.6. The van der Waals surface area contributed by atoms with Crippen molar-refractivity contribution in [2.45, 2.75) is 45.4 Å². The Kier molecular flexibility index (Phi) is 6.77. The lowest BCUT2D eigenvalue weighted by Gasteiger charge is -2.23. The van der Waals surface area contributed by atoms with Gasteiger partial charge in [-0.25, -0.2) is 4.98 Å². The van der Waals surface area contributed by atoms with Gasteiger partial charge < -0.3 is 15.1 Å². The van der Waals surface area contributed by atoms with Crippen LogP contribution >= 0.6 is 0 Å². The van der Waals surface area contributed by atoms with Crippen molar-refractivity contribution in [1.82, 2.24) is 15.3 Å². The molecule has 174 valence electrons. The van der Waals surface area contributed by atoms with Gasteiger partial charge in [0.05, 0.1) is 11.2 Å². The molecule has 1 unspecified atom stereocenters. The summed E-state index contributed by atoms with van der Waals surface area (Å²) in [5.41, 5.74) is 7.03. The van der Waals surface area contributed by atoms with Crippen LogP contribution in [0.1, 0.15) is 44.7 Å². The number of rotatable bonds is 8. The summed E-state index contributed by atoms with van der Waals surface area (Å²) in [4.78, 5) is 15.0. The Hall–Kier alpha value is -2.66. The topological polar surface area (TPSA) is 44.3 Å². The molecule has 33 heavy (non-hydrogen) atoms. The van der Waals surface area contributed by atoms with E-state index >= 15 is 0 Å². The molecule has 1 aromatic carbocycles. The van der Waals surface area contributed by atoms with Crippen LogP contribution in [-0.4, -0.2) is 49.7 Å². The van der Waals surface area contributed by atoms with Gasteiger partial charge in [-0.2, -0.15) is 0 Å². The summed E-state index contributed by atoms with van der Waals surface area (Å²) in [5, 5.41) is 4.48. The molecule has 2 aromatic heterocycles. The van der Waals surface area contributed by atoms with Gasteiger partial charge in [-0.3, -0.25) is 4.98 Å². The minimum atomic E-state index is 0.791. The average molecular weight is 444 g/mol. The molecule has 0 bridgehead atoms. The lowest BCUT2D eigenvalue weighted by atomic mass is 10.1. The molecule has 0 radical (unpaired) electrons. The van der Waals surface area contributed by atoms with E-state index in [1.807, 2.05) is 13.2 Å². The first-order valence-electron chi connectivity index (χ1n) is 12.8. The van der Waals surface area contributed by atoms with Crippen molar-refractivity contribution in [1.29, 1.82) is 0 Å². The third-order valence-corrected chi connectivity index (χ3v) is 7.43. The molecule has 5 nitrogen and oxygen atoms in total. The van der Waals surface area contributed by atoms with Gasteiger partial charge in [0, 0.05) is 60.4 Å². The van der Waals surface area contributed by atoms with E-state index < -0.39 is 0 Å². The highest BCUT2D eigenvalue weighted by Gasteiger charge is 2.24. The largest absolute Gasteiger partial charge is 0.371 e. The monoisotopic (exact) mass is 443 g/mol. The third kappa shape index (κ3) is 4.84. The van der Waals surface area contributed by atoms with E-state index in [0.717, 1.165) is 74.0 Å². The Morgan fingerprint density at radius 1 is 1.03 bits per heavy atom. The highest BCUT2D eigenvalue weighted by molar-refractivity contribution is 5.96. The number of nitrogens with zero attached hydrogens (tertiary/aromatic N) is 4. The molecule has 0 saturated carbocycles. The number of anilines is 2. The number of nitrogens with one attached hydrogen (secondary N) is 1. The molecule has 2 saturated heterocycles. The molecule has 5 heteroatoms. The first-order chi connectivity index (χ1) is 16.2. The molecule has 5 rings (SSSR count). The Balaban J connectivity index is 1.51. The molecule has 0 aliphatic carbocycles. The molecule has 0 amide bonds. The predicted molar refractivity (Wildman–Crippen MR) is 139 cm³/mol. The van der Waals surface area contributed by atoms with E-state index in [4.69, 9.17) is 9.97 Å². The second-order valence-electron chi connectivity index (χ2n) is 9.68. The Bertz CT molecular complexity index is 1070. The normalized spacial score (nSPS) is 18.5. The minimum Gasteiger partial charge on any atom is -0.371 e. The number of hydrogen-bond acceptors (Lipinski definition) is 5. The Morgan fingerprint density at radius 3 is 2.64 bits per heavy atom. The second kappa shape index (κ2) is 10.1. The van der Waals surface area contributed by atoms with E-state index in [1.165, 1.54) is 42.4 Å². The van der Waals surface area contributed by atoms with Crippen LogP contribution in [0.5, 0.6) is 0 Å². The number of hydrogen-bond donors (Lipinski definition) is 1. The molecule has 3 aromatic rings. The summed E-state index contributed by atoms with van der Waals surface area (Å²) >= 11 is 0. The van der Waals surface area contributed by atoms with Crippen molar-refractivity contribution in [2.75, 3.05) is 49.6 Å². The molecule has 4 heterocycles. The van der Waals surface area contributed by atoms with Crippen LogP contribution in [-0.2, 0) is 6.42 Å². The van der Waals surface area contributed by atoms with Crippen molar-refractivity contribution in [3.8, 4) is 11.3 Å². The highest BCUT2D eigenvalue weighted by Crippen LogP contribution is 2.36. The van der Waals surface area contributed by atoms with Gasteiger partial charge in [0.2, 0.25) is 0 Å². The van der Waals surface area contributed by atoms with Crippen LogP contribution in [0.25, 0.3) is 22.2 Å². The van der Waals surface area contributed by atoms with E-state index in [9.17, 15) is 0 Å². The minimum absolute atomic E-state index is 0.791. The smallest absolute Gasteiger partial charge is 0.0751 e. The van der Waals surface area contributed by atoms with Crippen molar-refractivity contribution in [3.63, 3.8) is 0 Å². The van der Waals surface area contributed by atoms with Gasteiger partial charge in [0.25, 0.3) is 0 Å². The van der Waals surface area contributed by atoms with Gasteiger partial charge in [-0.05, 0) is 88.0 Å². The Morgan fingerprint density at radius 2 is 1.91 bits per heavy atom. The number of aromatic nitrogens is 2. The number of benzene rings is 1. The highest BCUT2D eigenvalue weighted by atomic mass is 15.2. The fourth-order valence-electron chi connectivity index (χ4n) is 5.33. The van der Waals surface area contributed by atoms with Crippen molar-refractivity contribution in [3.05, 3.63) is 48.3 Å². The van der Waals surface area contributed by atoms with E-state index in [1.54, 1.807) is 0 Å². The van der Waals surface area contributed by atoms with Crippen LogP contribution in [0.2, 0.25) is 0 Å². The zero-order valence-electron chi connectivity index (χ0n) is 20.2. The molecule has 0 spiro atoms. The van der Waals surface area contributed by atoms with Crippen LogP contribution < -0.4 is 15.1 Å². The summed E-state index contributed by atoms with van der Waals surface area (Å²) in [6.45, 7) is 7.92. The number of aryl methyl sites for hydroxylation is 1. The van der Waals surface area contributed by atoms with E-state index in [0.29, 0.717) is 0 Å². The lowest BCUT2D eigenvalue weighted by Crippen LogP contribution is -2.20. The average Bonchev–Trinajstić information content (AvgIpc) is 3.56. The molecule has 2 fully saturated rings. The maximum Gasteiger partial charge on any atom is 0.0751 e. The summed E-state index contributed by atoms with van der Waals surface area (Å²) in [5.74, 6) is 0.791. The van der Waals surface area contributed by atoms with Crippen molar-refractivity contribution >= 4 is 22.3 Å². The first kappa shape index (κ1) is 22.1. The van der Waals surface area contributed by atoms with E-state index in [2.05, 4.69) is 58.4 Å². The summed E-state index contributed by atoms with van der Waals surface area (Å²) in [7, 11) is 2.00. The third-order valence-electron chi connectivity index (χ3n) is 7.43. The SMILES string of the molecule is CCC1CCN(c2cc(-c3ccc(CCCNC)nc3)nc3cc(N4CCCC4)ccc23)C1.